The summed E-state index contributed by atoms with van der Waals surface area (Å²) in [7, 11) is 0. The Kier molecular flexibility index (Phi) is 2.34. The Labute approximate surface area is 114 Å². The minimum Gasteiger partial charge on any atom is -0.356 e. The lowest BCUT2D eigenvalue weighted by atomic mass is 10.1. The molecule has 0 unspecified atom stereocenters. The van der Waals surface area contributed by atoms with Gasteiger partial charge in [0.15, 0.2) is 5.76 Å². The summed E-state index contributed by atoms with van der Waals surface area (Å²) in [6, 6.07) is 5.01. The van der Waals surface area contributed by atoms with E-state index in [4.69, 9.17) is 16.1 Å². The van der Waals surface area contributed by atoms with Crippen LogP contribution in [0.5, 0.6) is 0 Å². The van der Waals surface area contributed by atoms with Crippen molar-refractivity contribution in [2.75, 3.05) is 0 Å². The zero-order valence-corrected chi connectivity index (χ0v) is 11.5. The number of rotatable bonds is 2. The average Bonchev–Trinajstić information content (AvgIpc) is 2.87. The van der Waals surface area contributed by atoms with Crippen molar-refractivity contribution in [3.05, 3.63) is 27.5 Å². The number of hydrogen-bond acceptors (Lipinski definition) is 4. The van der Waals surface area contributed by atoms with Gasteiger partial charge in [0, 0.05) is 23.1 Å². The molecule has 1 saturated carbocycles. The van der Waals surface area contributed by atoms with Gasteiger partial charge in [-0.2, -0.15) is 0 Å². The van der Waals surface area contributed by atoms with Crippen molar-refractivity contribution in [2.45, 2.75) is 25.4 Å². The number of nitrogens with zero attached hydrogens (tertiary/aromatic N) is 1. The first-order valence-electron chi connectivity index (χ1n) is 6.19. The minimum absolute atomic E-state index is 0.364. The van der Waals surface area contributed by atoms with Gasteiger partial charge in [0.1, 0.15) is 5.69 Å². The molecule has 2 aliphatic rings. The molecular formula is C13H13ClN2OS. The first-order chi connectivity index (χ1) is 8.72. The molecule has 94 valence electrons. The Hall–Kier alpha value is -0.840. The molecule has 0 spiro atoms. The van der Waals surface area contributed by atoms with Crippen LogP contribution in [0.4, 0.5) is 0 Å². The lowest BCUT2D eigenvalue weighted by Crippen LogP contribution is -2.20. The number of nitrogens with one attached hydrogen (secondary N) is 1. The summed E-state index contributed by atoms with van der Waals surface area (Å²) in [5.74, 6) is 2.48. The van der Waals surface area contributed by atoms with Crippen molar-refractivity contribution in [3.63, 3.8) is 0 Å². The summed E-state index contributed by atoms with van der Waals surface area (Å²) in [5, 5.41) is 9.80. The SMILES string of the molecule is C[C@@H]1[C@@H]2C[C@H](c3cc(-c4csc(Cl)c4)on3)N[C@H]12. The van der Waals surface area contributed by atoms with Gasteiger partial charge in [-0.05, 0) is 24.3 Å². The standard InChI is InChI=1S/C13H13ClN2OS/c1-6-8-3-9(15-13(6)8)10-4-11(17-16-10)7-2-12(14)18-5-7/h2,4-6,8-9,13,15H,3H2,1H3/t6-,8+,9-,13-/m1/s1. The Bertz CT molecular complexity index is 581. The second-order valence-corrected chi connectivity index (χ2v) is 6.80. The Morgan fingerprint density at radius 1 is 1.50 bits per heavy atom. The Morgan fingerprint density at radius 2 is 2.39 bits per heavy atom. The third-order valence-electron chi connectivity index (χ3n) is 4.20. The molecular weight excluding hydrogens is 268 g/mol. The van der Waals surface area contributed by atoms with Gasteiger partial charge in [0.05, 0.1) is 10.4 Å². The molecule has 5 heteroatoms. The zero-order valence-electron chi connectivity index (χ0n) is 9.89. The summed E-state index contributed by atoms with van der Waals surface area (Å²) in [6.45, 7) is 2.31. The van der Waals surface area contributed by atoms with Gasteiger partial charge in [-0.1, -0.05) is 23.7 Å². The van der Waals surface area contributed by atoms with E-state index in [-0.39, 0.29) is 0 Å². The van der Waals surface area contributed by atoms with Gasteiger partial charge in [0.2, 0.25) is 0 Å². The highest BCUT2D eigenvalue weighted by atomic mass is 35.5. The molecule has 0 bridgehead atoms. The first kappa shape index (κ1) is 11.0. The summed E-state index contributed by atoms with van der Waals surface area (Å²) in [5.41, 5.74) is 2.03. The van der Waals surface area contributed by atoms with E-state index in [2.05, 4.69) is 17.4 Å². The quantitative estimate of drug-likeness (QED) is 0.911. The van der Waals surface area contributed by atoms with Crippen molar-refractivity contribution in [3.8, 4) is 11.3 Å². The van der Waals surface area contributed by atoms with Crippen LogP contribution in [0.15, 0.2) is 22.0 Å². The maximum atomic E-state index is 5.93. The van der Waals surface area contributed by atoms with Crippen LogP contribution in [0.1, 0.15) is 25.1 Å². The van der Waals surface area contributed by atoms with Crippen LogP contribution in [0.2, 0.25) is 4.34 Å². The van der Waals surface area contributed by atoms with E-state index in [1.165, 1.54) is 17.8 Å². The van der Waals surface area contributed by atoms with Crippen molar-refractivity contribution < 1.29 is 4.52 Å². The highest BCUT2D eigenvalue weighted by Crippen LogP contribution is 2.51. The van der Waals surface area contributed by atoms with Crippen LogP contribution in [0.25, 0.3) is 11.3 Å². The summed E-state index contributed by atoms with van der Waals surface area (Å²) in [6.07, 6.45) is 1.18. The Morgan fingerprint density at radius 3 is 3.06 bits per heavy atom. The molecule has 1 N–H and O–H groups in total. The number of fused-ring (bicyclic) bond motifs is 1. The molecule has 0 aromatic carbocycles. The smallest absolute Gasteiger partial charge is 0.168 e. The zero-order chi connectivity index (χ0) is 12.3. The topological polar surface area (TPSA) is 38.1 Å². The maximum absolute atomic E-state index is 5.93. The number of halogens is 1. The number of piperidine rings is 1. The molecule has 0 amide bonds. The predicted molar refractivity (Wildman–Crippen MR) is 71.8 cm³/mol. The molecule has 1 aliphatic heterocycles. The number of aromatic nitrogens is 1. The van der Waals surface area contributed by atoms with Crippen molar-refractivity contribution >= 4 is 22.9 Å². The van der Waals surface area contributed by atoms with E-state index >= 15 is 0 Å². The van der Waals surface area contributed by atoms with E-state index in [9.17, 15) is 0 Å². The normalized spacial score (nSPS) is 33.7. The van der Waals surface area contributed by atoms with Gasteiger partial charge < -0.3 is 9.84 Å². The van der Waals surface area contributed by atoms with Crippen LogP contribution in [-0.4, -0.2) is 11.2 Å². The predicted octanol–water partition coefficient (Wildman–Crippen LogP) is 3.73. The molecule has 4 rings (SSSR count). The molecule has 2 aromatic rings. The molecule has 3 nitrogen and oxygen atoms in total. The number of thiophene rings is 1. The summed E-state index contributed by atoms with van der Waals surface area (Å²) in [4.78, 5) is 0. The van der Waals surface area contributed by atoms with Gasteiger partial charge in [-0.25, -0.2) is 0 Å². The van der Waals surface area contributed by atoms with Crippen LogP contribution in [0, 0.1) is 11.8 Å². The van der Waals surface area contributed by atoms with Crippen LogP contribution >= 0.6 is 22.9 Å². The third-order valence-corrected chi connectivity index (χ3v) is 5.29. The molecule has 2 fully saturated rings. The molecule has 1 saturated heterocycles. The lowest BCUT2D eigenvalue weighted by Gasteiger charge is -2.10. The fourth-order valence-corrected chi connectivity index (χ4v) is 3.86. The number of hydrogen-bond donors (Lipinski definition) is 1. The Balaban J connectivity index is 1.56. The fraction of sp³-hybridized carbons (Fsp3) is 0.462. The summed E-state index contributed by atoms with van der Waals surface area (Å²) < 4.78 is 6.19. The van der Waals surface area contributed by atoms with E-state index in [1.54, 1.807) is 0 Å². The largest absolute Gasteiger partial charge is 0.356 e. The van der Waals surface area contributed by atoms with E-state index in [0.29, 0.717) is 12.1 Å². The molecule has 3 heterocycles. The molecule has 18 heavy (non-hydrogen) atoms. The average molecular weight is 281 g/mol. The lowest BCUT2D eigenvalue weighted by molar-refractivity contribution is 0.402. The van der Waals surface area contributed by atoms with Crippen molar-refractivity contribution in [1.82, 2.24) is 10.5 Å². The molecule has 2 aromatic heterocycles. The van der Waals surface area contributed by atoms with Gasteiger partial charge in [-0.3, -0.25) is 0 Å². The third kappa shape index (κ3) is 1.63. The fourth-order valence-electron chi connectivity index (χ4n) is 2.99. The molecule has 4 atom stereocenters. The van der Waals surface area contributed by atoms with E-state index in [1.807, 2.05) is 17.5 Å². The van der Waals surface area contributed by atoms with Crippen LogP contribution in [-0.2, 0) is 0 Å². The van der Waals surface area contributed by atoms with Gasteiger partial charge in [0.25, 0.3) is 0 Å². The maximum Gasteiger partial charge on any atom is 0.168 e. The monoisotopic (exact) mass is 280 g/mol. The minimum atomic E-state index is 0.364. The first-order valence-corrected chi connectivity index (χ1v) is 7.45. The second kappa shape index (κ2) is 3.83. The van der Waals surface area contributed by atoms with Gasteiger partial charge in [-0.15, -0.1) is 11.3 Å². The van der Waals surface area contributed by atoms with Crippen molar-refractivity contribution in [2.24, 2.45) is 11.8 Å². The van der Waals surface area contributed by atoms with Crippen LogP contribution < -0.4 is 5.32 Å². The van der Waals surface area contributed by atoms with E-state index < -0.39 is 0 Å². The highest BCUT2D eigenvalue weighted by Gasteiger charge is 2.53. The molecule has 0 radical (unpaired) electrons. The van der Waals surface area contributed by atoms with Gasteiger partial charge >= 0.3 is 0 Å². The second-order valence-electron chi connectivity index (χ2n) is 5.26. The van der Waals surface area contributed by atoms with Crippen molar-refractivity contribution in [1.29, 1.82) is 0 Å². The summed E-state index contributed by atoms with van der Waals surface area (Å²) >= 11 is 7.44. The molecule has 1 aliphatic carbocycles. The highest BCUT2D eigenvalue weighted by molar-refractivity contribution is 7.14. The van der Waals surface area contributed by atoms with E-state index in [0.717, 1.165) is 33.2 Å². The van der Waals surface area contributed by atoms with Crippen LogP contribution in [0.3, 0.4) is 0 Å².